The van der Waals surface area contributed by atoms with Crippen LogP contribution in [0.5, 0.6) is 0 Å². The average molecular weight is 196 g/mol. The van der Waals surface area contributed by atoms with Crippen LogP contribution < -0.4 is 0 Å². The zero-order chi connectivity index (χ0) is 10.7. The zero-order valence-corrected chi connectivity index (χ0v) is 8.82. The molecule has 4 nitrogen and oxygen atoms in total. The standard InChI is InChI=1S/C10H16N2O2/c1-4-7(2)6-12-8(3)9(5-11-12)10(13)14/h5,7H,4,6H2,1-3H3,(H,13,14). The van der Waals surface area contributed by atoms with E-state index in [0.29, 0.717) is 11.5 Å². The Morgan fingerprint density at radius 1 is 1.71 bits per heavy atom. The van der Waals surface area contributed by atoms with Crippen LogP contribution >= 0.6 is 0 Å². The van der Waals surface area contributed by atoms with Crippen molar-refractivity contribution in [3.05, 3.63) is 17.5 Å². The molecule has 0 aliphatic rings. The fourth-order valence-electron chi connectivity index (χ4n) is 1.26. The summed E-state index contributed by atoms with van der Waals surface area (Å²) in [5.74, 6) is -0.381. The number of nitrogens with zero attached hydrogens (tertiary/aromatic N) is 2. The maximum atomic E-state index is 10.7. The van der Waals surface area contributed by atoms with E-state index < -0.39 is 5.97 Å². The van der Waals surface area contributed by atoms with E-state index in [2.05, 4.69) is 18.9 Å². The van der Waals surface area contributed by atoms with Crippen LogP contribution in [0.1, 0.15) is 36.3 Å². The van der Waals surface area contributed by atoms with E-state index in [1.54, 1.807) is 11.6 Å². The van der Waals surface area contributed by atoms with Gasteiger partial charge in [-0.1, -0.05) is 20.3 Å². The molecule has 0 saturated heterocycles. The van der Waals surface area contributed by atoms with Gasteiger partial charge >= 0.3 is 5.97 Å². The van der Waals surface area contributed by atoms with Gasteiger partial charge in [-0.3, -0.25) is 4.68 Å². The summed E-state index contributed by atoms with van der Waals surface area (Å²) in [7, 11) is 0. The number of carboxylic acids is 1. The van der Waals surface area contributed by atoms with Crippen LogP contribution in [0.15, 0.2) is 6.20 Å². The third-order valence-corrected chi connectivity index (χ3v) is 2.52. The number of carboxylic acid groups (broad SMARTS) is 1. The summed E-state index contributed by atoms with van der Waals surface area (Å²) in [5.41, 5.74) is 1.03. The Labute approximate surface area is 83.5 Å². The fourth-order valence-corrected chi connectivity index (χ4v) is 1.26. The molecule has 0 aromatic carbocycles. The number of hydrogen-bond acceptors (Lipinski definition) is 2. The topological polar surface area (TPSA) is 55.1 Å². The summed E-state index contributed by atoms with van der Waals surface area (Å²) in [6.07, 6.45) is 2.49. The maximum Gasteiger partial charge on any atom is 0.339 e. The lowest BCUT2D eigenvalue weighted by atomic mass is 10.1. The Balaban J connectivity index is 2.84. The molecule has 1 aromatic heterocycles. The quantitative estimate of drug-likeness (QED) is 0.800. The van der Waals surface area contributed by atoms with Crippen LogP contribution in [-0.4, -0.2) is 20.9 Å². The average Bonchev–Trinajstić information content (AvgIpc) is 2.48. The third kappa shape index (κ3) is 2.13. The molecule has 0 bridgehead atoms. The minimum Gasteiger partial charge on any atom is -0.478 e. The summed E-state index contributed by atoms with van der Waals surface area (Å²) in [6.45, 7) is 6.82. The van der Waals surface area contributed by atoms with Crippen LogP contribution in [0.25, 0.3) is 0 Å². The molecule has 0 aliphatic heterocycles. The van der Waals surface area contributed by atoms with Gasteiger partial charge in [0.1, 0.15) is 5.56 Å². The van der Waals surface area contributed by atoms with Gasteiger partial charge in [0.25, 0.3) is 0 Å². The van der Waals surface area contributed by atoms with E-state index in [-0.39, 0.29) is 0 Å². The van der Waals surface area contributed by atoms with E-state index in [4.69, 9.17) is 5.11 Å². The van der Waals surface area contributed by atoms with E-state index in [9.17, 15) is 4.79 Å². The summed E-state index contributed by atoms with van der Waals surface area (Å²) in [5, 5.41) is 12.9. The van der Waals surface area contributed by atoms with Crippen LogP contribution in [0, 0.1) is 12.8 Å². The number of aromatic carboxylic acids is 1. The maximum absolute atomic E-state index is 10.7. The van der Waals surface area contributed by atoms with Crippen molar-refractivity contribution >= 4 is 5.97 Å². The fraction of sp³-hybridized carbons (Fsp3) is 0.600. The predicted molar refractivity (Wildman–Crippen MR) is 53.4 cm³/mol. The van der Waals surface area contributed by atoms with Gasteiger partial charge in [-0.15, -0.1) is 0 Å². The molecule has 0 radical (unpaired) electrons. The highest BCUT2D eigenvalue weighted by Crippen LogP contribution is 2.11. The first kappa shape index (κ1) is 10.8. The monoisotopic (exact) mass is 196 g/mol. The lowest BCUT2D eigenvalue weighted by Gasteiger charge is -2.09. The molecule has 1 unspecified atom stereocenters. The molecule has 0 saturated carbocycles. The molecule has 4 heteroatoms. The second kappa shape index (κ2) is 4.26. The second-order valence-corrected chi connectivity index (χ2v) is 3.64. The Bertz CT molecular complexity index is 331. The third-order valence-electron chi connectivity index (χ3n) is 2.52. The van der Waals surface area contributed by atoms with Crippen molar-refractivity contribution in [3.8, 4) is 0 Å². The van der Waals surface area contributed by atoms with E-state index in [1.807, 2.05) is 0 Å². The summed E-state index contributed by atoms with van der Waals surface area (Å²) < 4.78 is 1.76. The van der Waals surface area contributed by atoms with E-state index in [1.165, 1.54) is 6.20 Å². The van der Waals surface area contributed by atoms with E-state index >= 15 is 0 Å². The van der Waals surface area contributed by atoms with Crippen LogP contribution in [0.3, 0.4) is 0 Å². The van der Waals surface area contributed by atoms with Crippen molar-refractivity contribution in [2.75, 3.05) is 0 Å². The molecule has 78 valence electrons. The molecule has 0 aliphatic carbocycles. The molecular weight excluding hydrogens is 180 g/mol. The molecule has 14 heavy (non-hydrogen) atoms. The van der Waals surface area contributed by atoms with Crippen molar-refractivity contribution < 1.29 is 9.90 Å². The highest BCUT2D eigenvalue weighted by molar-refractivity contribution is 5.88. The first-order valence-corrected chi connectivity index (χ1v) is 4.82. The second-order valence-electron chi connectivity index (χ2n) is 3.64. The number of rotatable bonds is 4. The van der Waals surface area contributed by atoms with Gasteiger partial charge in [0.05, 0.1) is 6.20 Å². The van der Waals surface area contributed by atoms with Crippen molar-refractivity contribution in [2.45, 2.75) is 33.7 Å². The van der Waals surface area contributed by atoms with Gasteiger partial charge in [0.15, 0.2) is 0 Å². The van der Waals surface area contributed by atoms with Gasteiger partial charge in [0, 0.05) is 12.2 Å². The molecule has 1 N–H and O–H groups in total. The molecule has 0 amide bonds. The van der Waals surface area contributed by atoms with Gasteiger partial charge in [-0.25, -0.2) is 4.79 Å². The number of hydrogen-bond donors (Lipinski definition) is 1. The van der Waals surface area contributed by atoms with Crippen molar-refractivity contribution in [1.29, 1.82) is 0 Å². The predicted octanol–water partition coefficient (Wildman–Crippen LogP) is 1.94. The van der Waals surface area contributed by atoms with Crippen molar-refractivity contribution in [1.82, 2.24) is 9.78 Å². The van der Waals surface area contributed by atoms with Gasteiger partial charge < -0.3 is 5.11 Å². The Morgan fingerprint density at radius 3 is 2.79 bits per heavy atom. The van der Waals surface area contributed by atoms with Gasteiger partial charge in [0.2, 0.25) is 0 Å². The Hall–Kier alpha value is -1.32. The Kier molecular flexibility index (Phi) is 3.28. The lowest BCUT2D eigenvalue weighted by molar-refractivity contribution is 0.0696. The van der Waals surface area contributed by atoms with Crippen LogP contribution in [-0.2, 0) is 6.54 Å². The minimum atomic E-state index is -0.905. The molecule has 0 fully saturated rings. The Morgan fingerprint density at radius 2 is 2.36 bits per heavy atom. The SMILES string of the molecule is CCC(C)Cn1ncc(C(=O)O)c1C. The van der Waals surface area contributed by atoms with Gasteiger partial charge in [-0.2, -0.15) is 5.10 Å². The summed E-state index contributed by atoms with van der Waals surface area (Å²) >= 11 is 0. The normalized spacial score (nSPS) is 12.8. The lowest BCUT2D eigenvalue weighted by Crippen LogP contribution is -2.10. The van der Waals surface area contributed by atoms with Gasteiger partial charge in [-0.05, 0) is 12.8 Å². The van der Waals surface area contributed by atoms with E-state index in [0.717, 1.165) is 18.7 Å². The summed E-state index contributed by atoms with van der Waals surface area (Å²) in [6, 6.07) is 0. The van der Waals surface area contributed by atoms with Crippen molar-refractivity contribution in [3.63, 3.8) is 0 Å². The van der Waals surface area contributed by atoms with Crippen molar-refractivity contribution in [2.24, 2.45) is 5.92 Å². The molecule has 1 rings (SSSR count). The number of carbonyl (C=O) groups is 1. The highest BCUT2D eigenvalue weighted by Gasteiger charge is 2.13. The van der Waals surface area contributed by atoms with Crippen LogP contribution in [0.4, 0.5) is 0 Å². The molecule has 1 aromatic rings. The first-order chi connectivity index (χ1) is 6.56. The summed E-state index contributed by atoms with van der Waals surface area (Å²) in [4.78, 5) is 10.7. The molecule has 1 atom stereocenters. The number of aromatic nitrogens is 2. The highest BCUT2D eigenvalue weighted by atomic mass is 16.4. The largest absolute Gasteiger partial charge is 0.478 e. The van der Waals surface area contributed by atoms with Crippen LogP contribution in [0.2, 0.25) is 0 Å². The zero-order valence-electron chi connectivity index (χ0n) is 8.82. The minimum absolute atomic E-state index is 0.299. The smallest absolute Gasteiger partial charge is 0.339 e. The first-order valence-electron chi connectivity index (χ1n) is 4.82. The molecular formula is C10H16N2O2. The molecule has 1 heterocycles. The molecule has 0 spiro atoms.